The van der Waals surface area contributed by atoms with Crippen molar-refractivity contribution in [3.63, 3.8) is 0 Å². The van der Waals surface area contributed by atoms with Gasteiger partial charge in [-0.2, -0.15) is 0 Å². The van der Waals surface area contributed by atoms with Gasteiger partial charge in [0.05, 0.1) is 24.4 Å². The van der Waals surface area contributed by atoms with Gasteiger partial charge < -0.3 is 10.1 Å². The first-order valence-corrected chi connectivity index (χ1v) is 9.67. The number of carbonyl (C=O) groups excluding carboxylic acids is 1. The van der Waals surface area contributed by atoms with Crippen LogP contribution in [0.1, 0.15) is 47.9 Å². The second-order valence-electron chi connectivity index (χ2n) is 8.10. The second-order valence-corrected chi connectivity index (χ2v) is 8.10. The van der Waals surface area contributed by atoms with E-state index in [9.17, 15) is 4.79 Å². The maximum absolute atomic E-state index is 13.0. The van der Waals surface area contributed by atoms with E-state index < -0.39 is 0 Å². The molecule has 1 amide bonds. The van der Waals surface area contributed by atoms with Gasteiger partial charge in [-0.25, -0.2) is 9.97 Å². The maximum Gasteiger partial charge on any atom is 0.255 e. The number of pyridine rings is 1. The van der Waals surface area contributed by atoms with E-state index in [-0.39, 0.29) is 17.4 Å². The molecule has 2 heterocycles. The lowest BCUT2D eigenvalue weighted by Gasteiger charge is -2.36. The Balaban J connectivity index is 1.66. The monoisotopic (exact) mass is 388 g/mol. The number of ether oxygens (including phenoxy) is 1. The minimum atomic E-state index is -0.158. The van der Waals surface area contributed by atoms with Gasteiger partial charge in [-0.05, 0) is 42.5 Å². The molecule has 0 bridgehead atoms. The number of fused-ring (bicyclic) bond motifs is 1. The summed E-state index contributed by atoms with van der Waals surface area (Å²) in [5.74, 6) is 1.08. The van der Waals surface area contributed by atoms with Crippen molar-refractivity contribution in [1.82, 2.24) is 20.3 Å². The van der Waals surface area contributed by atoms with Crippen molar-refractivity contribution in [2.24, 2.45) is 5.41 Å². The lowest BCUT2D eigenvalue weighted by Crippen LogP contribution is -2.37. The average molecular weight is 388 g/mol. The fraction of sp³-hybridized carbons (Fsp3) is 0.304. The van der Waals surface area contributed by atoms with Crippen molar-refractivity contribution in [2.75, 3.05) is 7.11 Å². The van der Waals surface area contributed by atoms with Crippen LogP contribution in [0.5, 0.6) is 5.75 Å². The van der Waals surface area contributed by atoms with Crippen molar-refractivity contribution in [3.05, 3.63) is 71.8 Å². The summed E-state index contributed by atoms with van der Waals surface area (Å²) < 4.78 is 5.34. The van der Waals surface area contributed by atoms with E-state index in [1.807, 2.05) is 30.5 Å². The van der Waals surface area contributed by atoms with Crippen molar-refractivity contribution >= 4 is 5.91 Å². The molecule has 0 saturated heterocycles. The van der Waals surface area contributed by atoms with Gasteiger partial charge in [0, 0.05) is 29.7 Å². The Labute approximate surface area is 170 Å². The molecule has 4 rings (SSSR count). The van der Waals surface area contributed by atoms with E-state index in [1.54, 1.807) is 31.6 Å². The van der Waals surface area contributed by atoms with Crippen LogP contribution in [0.3, 0.4) is 0 Å². The molecule has 3 aromatic rings. The lowest BCUT2D eigenvalue weighted by molar-refractivity contribution is 0.0916. The molecule has 0 spiro atoms. The molecular weight excluding hydrogens is 364 g/mol. The summed E-state index contributed by atoms with van der Waals surface area (Å²) in [5.41, 5.74) is 3.42. The number of amides is 1. The van der Waals surface area contributed by atoms with Crippen LogP contribution in [0.25, 0.3) is 11.4 Å². The summed E-state index contributed by atoms with van der Waals surface area (Å²) in [6, 6.07) is 10.9. The molecule has 2 aromatic heterocycles. The Kier molecular flexibility index (Phi) is 5.01. The number of nitrogens with one attached hydrogen (secondary N) is 1. The van der Waals surface area contributed by atoms with Crippen molar-refractivity contribution in [2.45, 2.75) is 32.7 Å². The van der Waals surface area contributed by atoms with E-state index in [0.717, 1.165) is 29.7 Å². The van der Waals surface area contributed by atoms with Crippen LogP contribution in [-0.4, -0.2) is 28.0 Å². The molecule has 0 saturated carbocycles. The first-order valence-electron chi connectivity index (χ1n) is 9.67. The zero-order valence-electron chi connectivity index (χ0n) is 16.8. The van der Waals surface area contributed by atoms with E-state index in [1.165, 1.54) is 0 Å². The molecule has 1 atom stereocenters. The molecule has 0 fully saturated rings. The van der Waals surface area contributed by atoms with Crippen LogP contribution < -0.4 is 10.1 Å². The first kappa shape index (κ1) is 19.1. The third-order valence-electron chi connectivity index (χ3n) is 5.27. The fourth-order valence-corrected chi connectivity index (χ4v) is 3.88. The minimum Gasteiger partial charge on any atom is -0.496 e. The van der Waals surface area contributed by atoms with Gasteiger partial charge >= 0.3 is 0 Å². The molecule has 1 aromatic carbocycles. The molecule has 148 valence electrons. The molecule has 6 heteroatoms. The highest BCUT2D eigenvalue weighted by molar-refractivity contribution is 5.97. The van der Waals surface area contributed by atoms with E-state index in [4.69, 9.17) is 9.72 Å². The number of methoxy groups -OCH3 is 1. The number of benzene rings is 1. The summed E-state index contributed by atoms with van der Waals surface area (Å²) >= 11 is 0. The van der Waals surface area contributed by atoms with Crippen LogP contribution >= 0.6 is 0 Å². The number of aromatic nitrogens is 3. The number of hydrogen-bond acceptors (Lipinski definition) is 5. The molecule has 29 heavy (non-hydrogen) atoms. The minimum absolute atomic E-state index is 0.00951. The second kappa shape index (κ2) is 7.62. The van der Waals surface area contributed by atoms with Gasteiger partial charge in [0.25, 0.3) is 5.91 Å². The van der Waals surface area contributed by atoms with Gasteiger partial charge in [-0.15, -0.1) is 0 Å². The predicted octanol–water partition coefficient (Wildman–Crippen LogP) is 3.99. The summed E-state index contributed by atoms with van der Waals surface area (Å²) in [6.07, 6.45) is 6.97. The number of para-hydroxylation sites is 1. The molecule has 1 aliphatic carbocycles. The zero-order chi connectivity index (χ0) is 20.4. The molecule has 0 unspecified atom stereocenters. The van der Waals surface area contributed by atoms with Gasteiger partial charge in [0.1, 0.15) is 5.75 Å². The first-order chi connectivity index (χ1) is 14.0. The third-order valence-corrected chi connectivity index (χ3v) is 5.27. The number of nitrogens with zero attached hydrogens (tertiary/aromatic N) is 3. The van der Waals surface area contributed by atoms with Crippen LogP contribution in [-0.2, 0) is 6.42 Å². The van der Waals surface area contributed by atoms with Crippen LogP contribution in [0.4, 0.5) is 0 Å². The van der Waals surface area contributed by atoms with Crippen molar-refractivity contribution < 1.29 is 9.53 Å². The van der Waals surface area contributed by atoms with Crippen molar-refractivity contribution in [3.8, 4) is 17.1 Å². The van der Waals surface area contributed by atoms with Gasteiger partial charge in [0.15, 0.2) is 5.82 Å². The quantitative estimate of drug-likeness (QED) is 0.731. The molecular formula is C23H24N4O2. The Morgan fingerprint density at radius 1 is 1.17 bits per heavy atom. The number of carbonyl (C=O) groups is 1. The van der Waals surface area contributed by atoms with Gasteiger partial charge in [0.2, 0.25) is 0 Å². The normalized spacial score (nSPS) is 17.3. The fourth-order valence-electron chi connectivity index (χ4n) is 3.88. The van der Waals surface area contributed by atoms with Crippen molar-refractivity contribution in [1.29, 1.82) is 0 Å². The zero-order valence-corrected chi connectivity index (χ0v) is 16.8. The number of rotatable bonds is 4. The van der Waals surface area contributed by atoms with E-state index in [2.05, 4.69) is 29.1 Å². The third kappa shape index (κ3) is 3.97. The highest BCUT2D eigenvalue weighted by Gasteiger charge is 2.35. The Bertz CT molecular complexity index is 1030. The Hall–Kier alpha value is -3.28. The number of hydrogen-bond donors (Lipinski definition) is 1. The molecule has 0 aliphatic heterocycles. The SMILES string of the molecule is COc1ccccc1C(=O)N[C@@H]1CC(C)(C)Cc2nc(-c3ccncc3)ncc21. The molecule has 1 N–H and O–H groups in total. The van der Waals surface area contributed by atoms with Gasteiger partial charge in [-0.1, -0.05) is 26.0 Å². The summed E-state index contributed by atoms with van der Waals surface area (Å²) in [7, 11) is 1.57. The summed E-state index contributed by atoms with van der Waals surface area (Å²) in [5, 5.41) is 3.17. The summed E-state index contributed by atoms with van der Waals surface area (Å²) in [6.45, 7) is 4.40. The highest BCUT2D eigenvalue weighted by Crippen LogP contribution is 2.40. The highest BCUT2D eigenvalue weighted by atomic mass is 16.5. The van der Waals surface area contributed by atoms with Crippen LogP contribution in [0.2, 0.25) is 0 Å². The maximum atomic E-state index is 13.0. The average Bonchev–Trinajstić information content (AvgIpc) is 2.73. The molecule has 1 aliphatic rings. The van der Waals surface area contributed by atoms with Gasteiger partial charge in [-0.3, -0.25) is 9.78 Å². The lowest BCUT2D eigenvalue weighted by atomic mass is 9.74. The van der Waals surface area contributed by atoms with E-state index in [0.29, 0.717) is 17.1 Å². The largest absolute Gasteiger partial charge is 0.496 e. The Morgan fingerprint density at radius 2 is 1.93 bits per heavy atom. The molecule has 0 radical (unpaired) electrons. The standard InChI is InChI=1S/C23H24N4O2/c1-23(2)12-18-17(14-25-21(26-18)15-8-10-24-11-9-15)19(13-23)27-22(28)16-6-4-5-7-20(16)29-3/h4-11,14,19H,12-13H2,1-3H3,(H,27,28)/t19-/m1/s1. The van der Waals surface area contributed by atoms with E-state index >= 15 is 0 Å². The predicted molar refractivity (Wildman–Crippen MR) is 111 cm³/mol. The summed E-state index contributed by atoms with van der Waals surface area (Å²) in [4.78, 5) is 26.4. The molecule has 6 nitrogen and oxygen atoms in total. The Morgan fingerprint density at radius 3 is 2.69 bits per heavy atom. The van der Waals surface area contributed by atoms with Crippen LogP contribution in [0.15, 0.2) is 55.0 Å². The smallest absolute Gasteiger partial charge is 0.255 e. The topological polar surface area (TPSA) is 77.0 Å². The van der Waals surface area contributed by atoms with Crippen LogP contribution in [0, 0.1) is 5.41 Å².